The normalized spacial score (nSPS) is 10.7. The van der Waals surface area contributed by atoms with E-state index in [2.05, 4.69) is 10.4 Å². The number of benzene rings is 1. The van der Waals surface area contributed by atoms with Gasteiger partial charge in [0.1, 0.15) is 5.69 Å². The highest BCUT2D eigenvalue weighted by Crippen LogP contribution is 2.26. The van der Waals surface area contributed by atoms with Gasteiger partial charge in [-0.1, -0.05) is 23.7 Å². The first-order chi connectivity index (χ1) is 10.5. The van der Waals surface area contributed by atoms with E-state index in [1.165, 1.54) is 4.68 Å². The predicted octanol–water partition coefficient (Wildman–Crippen LogP) is 2.92. The summed E-state index contributed by atoms with van der Waals surface area (Å²) < 4.78 is 6.99. The molecule has 0 saturated heterocycles. The van der Waals surface area contributed by atoms with Crippen LogP contribution in [0.4, 0.5) is 11.5 Å². The maximum Gasteiger partial charge on any atom is 0.333 e. The Kier molecular flexibility index (Phi) is 5.35. The highest BCUT2D eigenvalue weighted by atomic mass is 35.5. The minimum absolute atomic E-state index is 0.000186. The number of halogens is 1. The van der Waals surface area contributed by atoms with Crippen LogP contribution in [-0.4, -0.2) is 27.9 Å². The monoisotopic (exact) mass is 324 g/mol. The molecule has 0 aliphatic rings. The van der Waals surface area contributed by atoms with Gasteiger partial charge in [0.15, 0.2) is 0 Å². The Labute approximate surface area is 133 Å². The van der Waals surface area contributed by atoms with E-state index in [-0.39, 0.29) is 5.69 Å². The summed E-state index contributed by atoms with van der Waals surface area (Å²) in [7, 11) is 1.66. The molecule has 2 rings (SSSR count). The van der Waals surface area contributed by atoms with Crippen molar-refractivity contribution in [3.63, 3.8) is 0 Å². The molecule has 1 heterocycles. The first-order valence-electron chi connectivity index (χ1n) is 6.73. The van der Waals surface area contributed by atoms with E-state index in [1.807, 2.05) is 12.1 Å². The van der Waals surface area contributed by atoms with Gasteiger partial charge < -0.3 is 10.1 Å². The lowest BCUT2D eigenvalue weighted by Gasteiger charge is -2.07. The molecule has 1 aromatic heterocycles. The van der Waals surface area contributed by atoms with E-state index >= 15 is 0 Å². The number of hydrogen-bond acceptors (Lipinski definition) is 5. The lowest BCUT2D eigenvalue weighted by molar-refractivity contribution is -0.384. The van der Waals surface area contributed by atoms with Gasteiger partial charge in [-0.15, -0.1) is 0 Å². The molecule has 7 nitrogen and oxygen atoms in total. The van der Waals surface area contributed by atoms with Gasteiger partial charge in [-0.3, -0.25) is 10.1 Å². The third-order valence-electron chi connectivity index (χ3n) is 3.09. The average Bonchev–Trinajstić information content (AvgIpc) is 2.75. The van der Waals surface area contributed by atoms with Gasteiger partial charge in [0.2, 0.25) is 5.82 Å². The number of nitro groups is 1. The zero-order valence-electron chi connectivity index (χ0n) is 12.4. The van der Waals surface area contributed by atoms with Gasteiger partial charge in [-0.2, -0.15) is 5.10 Å². The molecule has 0 aliphatic carbocycles. The van der Waals surface area contributed by atoms with Crippen molar-refractivity contribution in [3.05, 3.63) is 50.7 Å². The third kappa shape index (κ3) is 3.96. The molecule has 0 bridgehead atoms. The number of nitrogens with zero attached hydrogens (tertiary/aromatic N) is 3. The maximum atomic E-state index is 11.0. The first kappa shape index (κ1) is 16.3. The molecule has 0 saturated carbocycles. The number of nitrogens with one attached hydrogen (secondary N) is 1. The summed E-state index contributed by atoms with van der Waals surface area (Å²) in [4.78, 5) is 10.6. The van der Waals surface area contributed by atoms with Crippen LogP contribution in [0, 0.1) is 17.0 Å². The number of aromatic nitrogens is 2. The van der Waals surface area contributed by atoms with Crippen LogP contribution in [0.15, 0.2) is 24.3 Å². The standard InChI is InChI=1S/C14H17ClN4O3/c1-10-13(19(20)21)14(18(2)17-10)16-7-8-22-9-11-3-5-12(15)6-4-11/h3-6,16H,7-9H2,1-2H3. The molecule has 0 amide bonds. The van der Waals surface area contributed by atoms with E-state index in [0.717, 1.165) is 5.56 Å². The molecular formula is C14H17ClN4O3. The van der Waals surface area contributed by atoms with Crippen LogP contribution in [0.3, 0.4) is 0 Å². The van der Waals surface area contributed by atoms with Crippen molar-refractivity contribution in [2.75, 3.05) is 18.5 Å². The van der Waals surface area contributed by atoms with Crippen LogP contribution in [-0.2, 0) is 18.4 Å². The van der Waals surface area contributed by atoms with Crippen molar-refractivity contribution in [2.45, 2.75) is 13.5 Å². The van der Waals surface area contributed by atoms with E-state index in [0.29, 0.717) is 36.3 Å². The Morgan fingerprint density at radius 2 is 2.09 bits per heavy atom. The number of ether oxygens (including phenoxy) is 1. The molecule has 0 fully saturated rings. The highest BCUT2D eigenvalue weighted by Gasteiger charge is 2.23. The lowest BCUT2D eigenvalue weighted by atomic mass is 10.2. The quantitative estimate of drug-likeness (QED) is 0.481. The Morgan fingerprint density at radius 1 is 1.41 bits per heavy atom. The molecule has 0 aliphatic heterocycles. The number of anilines is 1. The molecule has 0 unspecified atom stereocenters. The molecule has 1 N–H and O–H groups in total. The minimum atomic E-state index is -0.431. The zero-order chi connectivity index (χ0) is 16.1. The fourth-order valence-corrected chi connectivity index (χ4v) is 2.20. The van der Waals surface area contributed by atoms with E-state index < -0.39 is 4.92 Å². The second-order valence-electron chi connectivity index (χ2n) is 4.77. The average molecular weight is 325 g/mol. The summed E-state index contributed by atoms with van der Waals surface area (Å²) >= 11 is 5.81. The summed E-state index contributed by atoms with van der Waals surface area (Å²) in [6.45, 7) is 2.95. The summed E-state index contributed by atoms with van der Waals surface area (Å²) in [5, 5.41) is 18.7. The molecule has 22 heavy (non-hydrogen) atoms. The molecule has 0 atom stereocenters. The van der Waals surface area contributed by atoms with E-state index in [4.69, 9.17) is 16.3 Å². The van der Waals surface area contributed by atoms with Crippen molar-refractivity contribution in [1.82, 2.24) is 9.78 Å². The van der Waals surface area contributed by atoms with Crippen LogP contribution in [0.25, 0.3) is 0 Å². The van der Waals surface area contributed by atoms with Gasteiger partial charge in [0.25, 0.3) is 0 Å². The first-order valence-corrected chi connectivity index (χ1v) is 7.11. The summed E-state index contributed by atoms with van der Waals surface area (Å²) in [5.74, 6) is 0.387. The summed E-state index contributed by atoms with van der Waals surface area (Å²) in [5.41, 5.74) is 1.41. The molecule has 8 heteroatoms. The van der Waals surface area contributed by atoms with Gasteiger partial charge in [0.05, 0.1) is 18.1 Å². The topological polar surface area (TPSA) is 82.2 Å². The van der Waals surface area contributed by atoms with Gasteiger partial charge in [-0.25, -0.2) is 4.68 Å². The smallest absolute Gasteiger partial charge is 0.333 e. The van der Waals surface area contributed by atoms with Gasteiger partial charge in [0, 0.05) is 18.6 Å². The van der Waals surface area contributed by atoms with Crippen molar-refractivity contribution < 1.29 is 9.66 Å². The highest BCUT2D eigenvalue weighted by molar-refractivity contribution is 6.30. The molecule has 2 aromatic rings. The second kappa shape index (κ2) is 7.24. The fourth-order valence-electron chi connectivity index (χ4n) is 2.08. The molecular weight excluding hydrogens is 308 g/mol. The largest absolute Gasteiger partial charge is 0.375 e. The minimum Gasteiger partial charge on any atom is -0.375 e. The molecule has 0 spiro atoms. The van der Waals surface area contributed by atoms with Crippen molar-refractivity contribution in [2.24, 2.45) is 7.05 Å². The van der Waals surface area contributed by atoms with Gasteiger partial charge >= 0.3 is 5.69 Å². The predicted molar refractivity (Wildman–Crippen MR) is 84.2 cm³/mol. The SMILES string of the molecule is Cc1nn(C)c(NCCOCc2ccc(Cl)cc2)c1[N+](=O)[O-]. The van der Waals surface area contributed by atoms with Crippen molar-refractivity contribution >= 4 is 23.1 Å². The van der Waals surface area contributed by atoms with Crippen LogP contribution in [0.1, 0.15) is 11.3 Å². The van der Waals surface area contributed by atoms with Crippen LogP contribution in [0.5, 0.6) is 0 Å². The number of rotatable bonds is 7. The Balaban J connectivity index is 1.82. The summed E-state index contributed by atoms with van der Waals surface area (Å²) in [6, 6.07) is 7.40. The van der Waals surface area contributed by atoms with Crippen LogP contribution >= 0.6 is 11.6 Å². The van der Waals surface area contributed by atoms with Gasteiger partial charge in [-0.05, 0) is 24.6 Å². The van der Waals surface area contributed by atoms with E-state index in [1.54, 1.807) is 26.1 Å². The fraction of sp³-hybridized carbons (Fsp3) is 0.357. The Morgan fingerprint density at radius 3 is 2.73 bits per heavy atom. The Hall–Kier alpha value is -2.12. The van der Waals surface area contributed by atoms with E-state index in [9.17, 15) is 10.1 Å². The van der Waals surface area contributed by atoms with Crippen LogP contribution < -0.4 is 5.32 Å². The van der Waals surface area contributed by atoms with Crippen LogP contribution in [0.2, 0.25) is 5.02 Å². The number of hydrogen-bond donors (Lipinski definition) is 1. The summed E-state index contributed by atoms with van der Waals surface area (Å²) in [6.07, 6.45) is 0. The lowest BCUT2D eigenvalue weighted by Crippen LogP contribution is -2.13. The third-order valence-corrected chi connectivity index (χ3v) is 3.35. The Bertz CT molecular complexity index is 655. The number of aryl methyl sites for hydroxylation is 2. The molecule has 0 radical (unpaired) electrons. The van der Waals surface area contributed by atoms with Crippen molar-refractivity contribution in [3.8, 4) is 0 Å². The molecule has 118 valence electrons. The molecule has 1 aromatic carbocycles. The van der Waals surface area contributed by atoms with Crippen molar-refractivity contribution in [1.29, 1.82) is 0 Å². The zero-order valence-corrected chi connectivity index (χ0v) is 13.1. The maximum absolute atomic E-state index is 11.0. The second-order valence-corrected chi connectivity index (χ2v) is 5.21.